The van der Waals surface area contributed by atoms with Gasteiger partial charge in [0.05, 0.1) is 13.2 Å². The SMILES string of the molecule is CCOC(Cc1cccc(OCCCOc2ccc(-c3ccccc3)cc2)c1)C(=O)O. The fraction of sp³-hybridized carbons (Fsp3) is 0.269. The minimum Gasteiger partial charge on any atom is -0.493 e. The van der Waals surface area contributed by atoms with Crippen molar-refractivity contribution in [2.75, 3.05) is 19.8 Å². The molecule has 1 atom stereocenters. The molecule has 5 nitrogen and oxygen atoms in total. The lowest BCUT2D eigenvalue weighted by atomic mass is 10.1. The molecule has 1 N–H and O–H groups in total. The van der Waals surface area contributed by atoms with E-state index in [9.17, 15) is 9.90 Å². The molecule has 0 bridgehead atoms. The van der Waals surface area contributed by atoms with E-state index in [0.29, 0.717) is 32.0 Å². The van der Waals surface area contributed by atoms with Gasteiger partial charge in [0.2, 0.25) is 0 Å². The third-order valence-corrected chi connectivity index (χ3v) is 4.75. The maximum atomic E-state index is 11.3. The van der Waals surface area contributed by atoms with Crippen LogP contribution in [0.4, 0.5) is 0 Å². The van der Waals surface area contributed by atoms with Gasteiger partial charge in [-0.25, -0.2) is 4.79 Å². The van der Waals surface area contributed by atoms with Crippen LogP contribution < -0.4 is 9.47 Å². The second-order valence-electron chi connectivity index (χ2n) is 7.07. The third-order valence-electron chi connectivity index (χ3n) is 4.75. The highest BCUT2D eigenvalue weighted by atomic mass is 16.5. The predicted molar refractivity (Wildman–Crippen MR) is 121 cm³/mol. The van der Waals surface area contributed by atoms with Gasteiger partial charge in [0.1, 0.15) is 11.5 Å². The van der Waals surface area contributed by atoms with Gasteiger partial charge >= 0.3 is 5.97 Å². The number of aliphatic carboxylic acids is 1. The summed E-state index contributed by atoms with van der Waals surface area (Å²) in [6, 6.07) is 25.8. The Hall–Kier alpha value is -3.31. The van der Waals surface area contributed by atoms with Crippen LogP contribution in [0.25, 0.3) is 11.1 Å². The second-order valence-corrected chi connectivity index (χ2v) is 7.07. The molecule has 0 aliphatic carbocycles. The van der Waals surface area contributed by atoms with Crippen molar-refractivity contribution in [1.29, 1.82) is 0 Å². The Balaban J connectivity index is 1.41. The molecule has 0 aromatic heterocycles. The lowest BCUT2D eigenvalue weighted by Crippen LogP contribution is -2.26. The van der Waals surface area contributed by atoms with Crippen molar-refractivity contribution in [3.63, 3.8) is 0 Å². The number of ether oxygens (including phenoxy) is 3. The molecule has 0 amide bonds. The topological polar surface area (TPSA) is 65.0 Å². The van der Waals surface area contributed by atoms with Gasteiger partial charge in [0.15, 0.2) is 6.10 Å². The van der Waals surface area contributed by atoms with Gasteiger partial charge < -0.3 is 19.3 Å². The van der Waals surface area contributed by atoms with Crippen molar-refractivity contribution in [3.8, 4) is 22.6 Å². The summed E-state index contributed by atoms with van der Waals surface area (Å²) in [5.74, 6) is 0.588. The predicted octanol–water partition coefficient (Wildman–Crippen LogP) is 5.23. The zero-order chi connectivity index (χ0) is 21.9. The van der Waals surface area contributed by atoms with E-state index in [-0.39, 0.29) is 0 Å². The van der Waals surface area contributed by atoms with E-state index in [1.165, 1.54) is 5.56 Å². The molecule has 0 heterocycles. The summed E-state index contributed by atoms with van der Waals surface area (Å²) in [6.07, 6.45) is 0.200. The number of benzene rings is 3. The minimum absolute atomic E-state index is 0.308. The number of carboxylic acids is 1. The van der Waals surface area contributed by atoms with Crippen molar-refractivity contribution in [2.45, 2.75) is 25.9 Å². The van der Waals surface area contributed by atoms with E-state index >= 15 is 0 Å². The largest absolute Gasteiger partial charge is 0.493 e. The first kappa shape index (κ1) is 22.4. The molecule has 3 rings (SSSR count). The molecule has 0 spiro atoms. The molecule has 3 aromatic rings. The Morgan fingerprint density at radius 2 is 1.52 bits per heavy atom. The molecule has 162 valence electrons. The van der Waals surface area contributed by atoms with Crippen LogP contribution in [0.5, 0.6) is 11.5 Å². The fourth-order valence-corrected chi connectivity index (χ4v) is 3.21. The molecular weight excluding hydrogens is 392 g/mol. The first-order chi connectivity index (χ1) is 15.2. The molecular formula is C26H28O5. The molecule has 31 heavy (non-hydrogen) atoms. The molecule has 0 radical (unpaired) electrons. The highest BCUT2D eigenvalue weighted by molar-refractivity contribution is 5.72. The van der Waals surface area contributed by atoms with E-state index in [1.807, 2.05) is 54.6 Å². The fourth-order valence-electron chi connectivity index (χ4n) is 3.21. The number of rotatable bonds is 12. The summed E-state index contributed by atoms with van der Waals surface area (Å²) < 4.78 is 16.9. The summed E-state index contributed by atoms with van der Waals surface area (Å²) in [5, 5.41) is 9.23. The van der Waals surface area contributed by atoms with Crippen molar-refractivity contribution in [2.24, 2.45) is 0 Å². The van der Waals surface area contributed by atoms with Crippen LogP contribution in [-0.4, -0.2) is 37.0 Å². The van der Waals surface area contributed by atoms with E-state index < -0.39 is 12.1 Å². The van der Waals surface area contributed by atoms with E-state index in [4.69, 9.17) is 14.2 Å². The first-order valence-electron chi connectivity index (χ1n) is 10.5. The Morgan fingerprint density at radius 3 is 2.19 bits per heavy atom. The number of hydrogen-bond donors (Lipinski definition) is 1. The van der Waals surface area contributed by atoms with Crippen LogP contribution in [0.2, 0.25) is 0 Å². The van der Waals surface area contributed by atoms with E-state index in [2.05, 4.69) is 24.3 Å². The van der Waals surface area contributed by atoms with Gasteiger partial charge in [-0.05, 0) is 47.9 Å². The quantitative estimate of drug-likeness (QED) is 0.406. The maximum absolute atomic E-state index is 11.3. The van der Waals surface area contributed by atoms with Crippen LogP contribution in [0, 0.1) is 0 Å². The Labute approximate surface area is 183 Å². The average molecular weight is 421 g/mol. The summed E-state index contributed by atoms with van der Waals surface area (Å²) in [5.41, 5.74) is 3.21. The number of carbonyl (C=O) groups is 1. The summed E-state index contributed by atoms with van der Waals surface area (Å²) in [7, 11) is 0. The lowest BCUT2D eigenvalue weighted by molar-refractivity contribution is -0.149. The second kappa shape index (κ2) is 11.8. The summed E-state index contributed by atoms with van der Waals surface area (Å²) in [6.45, 7) is 3.21. The molecule has 0 fully saturated rings. The summed E-state index contributed by atoms with van der Waals surface area (Å²) >= 11 is 0. The Kier molecular flexibility index (Phi) is 8.49. The minimum atomic E-state index is -0.956. The normalized spacial score (nSPS) is 11.6. The van der Waals surface area contributed by atoms with Crippen molar-refractivity contribution < 1.29 is 24.1 Å². The first-order valence-corrected chi connectivity index (χ1v) is 10.5. The molecule has 0 aliphatic heterocycles. The van der Waals surface area contributed by atoms with Gasteiger partial charge in [0.25, 0.3) is 0 Å². The van der Waals surface area contributed by atoms with Crippen LogP contribution in [0.15, 0.2) is 78.9 Å². The van der Waals surface area contributed by atoms with Crippen molar-refractivity contribution in [1.82, 2.24) is 0 Å². The third kappa shape index (κ3) is 7.15. The van der Waals surface area contributed by atoms with Gasteiger partial charge in [-0.1, -0.05) is 54.6 Å². The van der Waals surface area contributed by atoms with Crippen LogP contribution in [0.1, 0.15) is 18.9 Å². The van der Waals surface area contributed by atoms with Crippen molar-refractivity contribution in [3.05, 3.63) is 84.4 Å². The van der Waals surface area contributed by atoms with Crippen LogP contribution in [0.3, 0.4) is 0 Å². The zero-order valence-electron chi connectivity index (χ0n) is 17.7. The van der Waals surface area contributed by atoms with Crippen molar-refractivity contribution >= 4 is 5.97 Å². The average Bonchev–Trinajstić information content (AvgIpc) is 2.80. The van der Waals surface area contributed by atoms with Gasteiger partial charge in [-0.15, -0.1) is 0 Å². The smallest absolute Gasteiger partial charge is 0.333 e. The maximum Gasteiger partial charge on any atom is 0.333 e. The summed E-state index contributed by atoms with van der Waals surface area (Å²) in [4.78, 5) is 11.3. The lowest BCUT2D eigenvalue weighted by Gasteiger charge is -2.13. The molecule has 0 aliphatic rings. The van der Waals surface area contributed by atoms with Crippen LogP contribution in [-0.2, 0) is 16.0 Å². The highest BCUT2D eigenvalue weighted by Crippen LogP contribution is 2.22. The Bertz CT molecular complexity index is 938. The molecule has 3 aromatic carbocycles. The highest BCUT2D eigenvalue weighted by Gasteiger charge is 2.18. The van der Waals surface area contributed by atoms with E-state index in [0.717, 1.165) is 23.3 Å². The van der Waals surface area contributed by atoms with Crippen LogP contribution >= 0.6 is 0 Å². The molecule has 0 saturated heterocycles. The molecule has 5 heteroatoms. The van der Waals surface area contributed by atoms with Gasteiger partial charge in [-0.3, -0.25) is 0 Å². The van der Waals surface area contributed by atoms with Gasteiger partial charge in [-0.2, -0.15) is 0 Å². The monoisotopic (exact) mass is 420 g/mol. The zero-order valence-corrected chi connectivity index (χ0v) is 17.7. The molecule has 1 unspecified atom stereocenters. The standard InChI is InChI=1S/C26H28O5/c1-2-29-25(26(27)28)19-20-8-6-11-24(18-20)31-17-7-16-30-23-14-12-22(13-15-23)21-9-4-3-5-10-21/h3-6,8-15,18,25H,2,7,16-17,19H2,1H3,(H,27,28). The Morgan fingerprint density at radius 1 is 0.839 bits per heavy atom. The number of carboxylic acid groups (broad SMARTS) is 1. The number of hydrogen-bond acceptors (Lipinski definition) is 4. The molecule has 0 saturated carbocycles. The van der Waals surface area contributed by atoms with Gasteiger partial charge in [0, 0.05) is 19.4 Å². The van der Waals surface area contributed by atoms with E-state index in [1.54, 1.807) is 6.92 Å².